The lowest BCUT2D eigenvalue weighted by atomic mass is 9.82. The number of hydrogen-bond acceptors (Lipinski definition) is 1. The zero-order valence-electron chi connectivity index (χ0n) is 13.9. The molecule has 0 radical (unpaired) electrons. The van der Waals surface area contributed by atoms with Crippen LogP contribution in [-0.2, 0) is 12.8 Å². The van der Waals surface area contributed by atoms with Gasteiger partial charge in [0.25, 0.3) is 0 Å². The Hall–Kier alpha value is -2.28. The molecule has 1 nitrogen and oxygen atoms in total. The fourth-order valence-corrected chi connectivity index (χ4v) is 3.52. The molecule has 1 unspecified atom stereocenters. The first-order chi connectivity index (χ1) is 11.2. The monoisotopic (exact) mass is 301 g/mol. The average Bonchev–Trinajstić information content (AvgIpc) is 2.56. The Morgan fingerprint density at radius 2 is 1.74 bits per heavy atom. The predicted molar refractivity (Wildman–Crippen MR) is 98.0 cm³/mol. The number of hydrogen-bond donors (Lipinski definition) is 0. The van der Waals surface area contributed by atoms with Crippen LogP contribution in [0.25, 0.3) is 0 Å². The minimum atomic E-state index is 0.494. The fraction of sp³-hybridized carbons (Fsp3) is 0.273. The third kappa shape index (κ3) is 2.72. The fourth-order valence-electron chi connectivity index (χ4n) is 3.52. The van der Waals surface area contributed by atoms with Gasteiger partial charge < -0.3 is 4.90 Å². The van der Waals surface area contributed by atoms with Crippen LogP contribution in [0.2, 0.25) is 0 Å². The molecule has 1 atom stereocenters. The lowest BCUT2D eigenvalue weighted by Gasteiger charge is -2.29. The Balaban J connectivity index is 1.54. The predicted octanol–water partition coefficient (Wildman–Crippen LogP) is 5.16. The second-order valence-electron chi connectivity index (χ2n) is 6.78. The highest BCUT2D eigenvalue weighted by Gasteiger charge is 2.20. The van der Waals surface area contributed by atoms with Crippen LogP contribution < -0.4 is 4.90 Å². The molecule has 2 aliphatic rings. The second-order valence-corrected chi connectivity index (χ2v) is 6.78. The number of rotatable bonds is 3. The summed E-state index contributed by atoms with van der Waals surface area (Å²) in [6.07, 6.45) is 10.4. The third-order valence-electron chi connectivity index (χ3n) is 5.24. The Bertz CT molecular complexity index is 780. The first kappa shape index (κ1) is 14.3. The number of aryl methyl sites for hydroxylation is 3. The summed E-state index contributed by atoms with van der Waals surface area (Å²) in [6.45, 7) is 2.13. The Morgan fingerprint density at radius 1 is 0.957 bits per heavy atom. The van der Waals surface area contributed by atoms with Crippen LogP contribution >= 0.6 is 0 Å². The van der Waals surface area contributed by atoms with Gasteiger partial charge in [0.2, 0.25) is 0 Å². The molecule has 0 saturated heterocycles. The van der Waals surface area contributed by atoms with Gasteiger partial charge in [0.05, 0.1) is 0 Å². The molecule has 1 heteroatoms. The van der Waals surface area contributed by atoms with Crippen LogP contribution in [0, 0.1) is 6.92 Å². The van der Waals surface area contributed by atoms with Gasteiger partial charge >= 0.3 is 0 Å². The Morgan fingerprint density at radius 3 is 2.43 bits per heavy atom. The quantitative estimate of drug-likeness (QED) is 0.757. The van der Waals surface area contributed by atoms with Crippen LogP contribution in [0.4, 0.5) is 5.69 Å². The molecule has 0 amide bonds. The minimum absolute atomic E-state index is 0.494. The SMILES string of the molecule is Cc1ccc(N(C)C2=CC=CC(c3ccc4c(c3)CC4)C2)cc1. The molecular weight excluding hydrogens is 278 g/mol. The van der Waals surface area contributed by atoms with E-state index in [4.69, 9.17) is 0 Å². The van der Waals surface area contributed by atoms with E-state index in [-0.39, 0.29) is 0 Å². The van der Waals surface area contributed by atoms with Crippen LogP contribution in [0.3, 0.4) is 0 Å². The molecular formula is C22H23N. The van der Waals surface area contributed by atoms with Gasteiger partial charge in [-0.1, -0.05) is 48.0 Å². The van der Waals surface area contributed by atoms with E-state index in [0.717, 1.165) is 6.42 Å². The lowest BCUT2D eigenvalue weighted by Crippen LogP contribution is -2.19. The molecule has 2 aliphatic carbocycles. The Kier molecular flexibility index (Phi) is 3.57. The minimum Gasteiger partial charge on any atom is -0.348 e. The summed E-state index contributed by atoms with van der Waals surface area (Å²) in [6, 6.07) is 15.8. The number of anilines is 1. The standard InChI is InChI=1S/C22H23N/c1-16-6-12-21(13-7-16)23(2)22-5-3-4-18(15-22)20-11-9-17-8-10-19(17)14-20/h3-7,9,11-14,18H,8,10,15H2,1-2H3. The zero-order chi connectivity index (χ0) is 15.8. The lowest BCUT2D eigenvalue weighted by molar-refractivity contribution is 0.769. The van der Waals surface area contributed by atoms with Crippen molar-refractivity contribution >= 4 is 5.69 Å². The topological polar surface area (TPSA) is 3.24 Å². The van der Waals surface area contributed by atoms with Crippen molar-refractivity contribution in [3.05, 3.63) is 88.6 Å². The maximum Gasteiger partial charge on any atom is 0.0405 e. The van der Waals surface area contributed by atoms with E-state index < -0.39 is 0 Å². The smallest absolute Gasteiger partial charge is 0.0405 e. The van der Waals surface area contributed by atoms with Crippen LogP contribution in [0.5, 0.6) is 0 Å². The van der Waals surface area contributed by atoms with Crippen molar-refractivity contribution in [1.29, 1.82) is 0 Å². The average molecular weight is 301 g/mol. The second kappa shape index (κ2) is 5.73. The van der Waals surface area contributed by atoms with Crippen molar-refractivity contribution in [2.45, 2.75) is 32.1 Å². The molecule has 0 N–H and O–H groups in total. The highest BCUT2D eigenvalue weighted by atomic mass is 15.1. The van der Waals surface area contributed by atoms with Gasteiger partial charge in [0.15, 0.2) is 0 Å². The summed E-state index contributed by atoms with van der Waals surface area (Å²) < 4.78 is 0. The van der Waals surface area contributed by atoms with Crippen LogP contribution in [-0.4, -0.2) is 7.05 Å². The molecule has 0 aromatic heterocycles. The molecule has 0 saturated carbocycles. The zero-order valence-corrected chi connectivity index (χ0v) is 13.9. The first-order valence-electron chi connectivity index (χ1n) is 8.50. The molecule has 2 aromatic carbocycles. The summed E-state index contributed by atoms with van der Waals surface area (Å²) in [5.74, 6) is 0.494. The summed E-state index contributed by atoms with van der Waals surface area (Å²) in [5.41, 5.74) is 8.50. The molecule has 0 heterocycles. The van der Waals surface area contributed by atoms with Crippen LogP contribution in [0.1, 0.15) is 34.6 Å². The van der Waals surface area contributed by atoms with Gasteiger partial charge in [0.1, 0.15) is 0 Å². The van der Waals surface area contributed by atoms with Gasteiger partial charge in [-0.05, 0) is 61.1 Å². The van der Waals surface area contributed by atoms with E-state index in [9.17, 15) is 0 Å². The molecule has 0 fully saturated rings. The molecule has 0 spiro atoms. The van der Waals surface area contributed by atoms with Crippen molar-refractivity contribution < 1.29 is 0 Å². The van der Waals surface area contributed by atoms with E-state index in [1.54, 1.807) is 11.1 Å². The van der Waals surface area contributed by atoms with Crippen molar-refractivity contribution in [3.63, 3.8) is 0 Å². The normalized spacial score (nSPS) is 18.9. The molecule has 23 heavy (non-hydrogen) atoms. The number of allylic oxidation sites excluding steroid dienone is 4. The molecule has 0 bridgehead atoms. The van der Waals surface area contributed by atoms with E-state index >= 15 is 0 Å². The highest BCUT2D eigenvalue weighted by molar-refractivity contribution is 5.54. The molecule has 4 rings (SSSR count). The third-order valence-corrected chi connectivity index (χ3v) is 5.24. The van der Waals surface area contributed by atoms with Crippen molar-refractivity contribution in [1.82, 2.24) is 0 Å². The highest BCUT2D eigenvalue weighted by Crippen LogP contribution is 2.34. The molecule has 116 valence electrons. The van der Waals surface area contributed by atoms with Crippen molar-refractivity contribution in [3.8, 4) is 0 Å². The molecule has 2 aromatic rings. The van der Waals surface area contributed by atoms with E-state index in [1.807, 2.05) is 0 Å². The summed E-state index contributed by atoms with van der Waals surface area (Å²) in [7, 11) is 2.17. The summed E-state index contributed by atoms with van der Waals surface area (Å²) in [5, 5.41) is 0. The number of nitrogens with zero attached hydrogens (tertiary/aromatic N) is 1. The van der Waals surface area contributed by atoms with Gasteiger partial charge in [-0.25, -0.2) is 0 Å². The van der Waals surface area contributed by atoms with E-state index in [0.29, 0.717) is 5.92 Å². The number of benzene rings is 2. The maximum atomic E-state index is 2.42. The van der Waals surface area contributed by atoms with Gasteiger partial charge in [0, 0.05) is 24.4 Å². The van der Waals surface area contributed by atoms with Crippen molar-refractivity contribution in [2.75, 3.05) is 11.9 Å². The van der Waals surface area contributed by atoms with Gasteiger partial charge in [-0.3, -0.25) is 0 Å². The van der Waals surface area contributed by atoms with Crippen molar-refractivity contribution in [2.24, 2.45) is 0 Å². The van der Waals surface area contributed by atoms with Gasteiger partial charge in [-0.15, -0.1) is 0 Å². The van der Waals surface area contributed by atoms with Crippen LogP contribution in [0.15, 0.2) is 66.4 Å². The Labute approximate surface area is 139 Å². The molecule has 0 aliphatic heterocycles. The maximum absolute atomic E-state index is 2.42. The van der Waals surface area contributed by atoms with E-state index in [1.165, 1.54) is 35.4 Å². The first-order valence-corrected chi connectivity index (χ1v) is 8.50. The summed E-state index contributed by atoms with van der Waals surface area (Å²) >= 11 is 0. The summed E-state index contributed by atoms with van der Waals surface area (Å²) in [4.78, 5) is 2.32. The largest absolute Gasteiger partial charge is 0.348 e. The van der Waals surface area contributed by atoms with E-state index in [2.05, 4.69) is 79.6 Å². The number of fused-ring (bicyclic) bond motifs is 1. The van der Waals surface area contributed by atoms with Gasteiger partial charge in [-0.2, -0.15) is 0 Å².